The van der Waals surface area contributed by atoms with Crippen LogP contribution in [0, 0.1) is 25.2 Å². The second kappa shape index (κ2) is 11.9. The maximum Gasteiger partial charge on any atom is 0.349 e. The topological polar surface area (TPSA) is 104 Å². The lowest BCUT2D eigenvalue weighted by atomic mass is 9.83. The summed E-state index contributed by atoms with van der Waals surface area (Å²) in [6.45, 7) is 6.17. The smallest absolute Gasteiger partial charge is 0.349 e. The number of carbonyl (C=O) groups excluding carboxylic acids is 1. The average molecular weight is 533 g/mol. The summed E-state index contributed by atoms with van der Waals surface area (Å²) in [6.07, 6.45) is 1.98. The van der Waals surface area contributed by atoms with Gasteiger partial charge in [-0.15, -0.1) is 0 Å². The van der Waals surface area contributed by atoms with Crippen LogP contribution in [0.4, 0.5) is 0 Å². The standard InChI is InChI=1S/C30H29ClN2O5/c1-4-5-11-35-21-8-6-7-20(14-21)28-24-10-9-22(15-26(24)38-30(33)25(28)16-32)37-27(34)17-36-23-12-18(2)29(31)19(3)13-23/h6-10,12-15,28H,4-5,11,17,33H2,1-3H3. The van der Waals surface area contributed by atoms with E-state index < -0.39 is 11.9 Å². The van der Waals surface area contributed by atoms with Crippen molar-refractivity contribution in [2.75, 3.05) is 13.2 Å². The minimum absolute atomic E-state index is 0.00240. The average Bonchev–Trinajstić information content (AvgIpc) is 2.90. The fourth-order valence-corrected chi connectivity index (χ4v) is 4.36. The number of benzene rings is 3. The molecule has 0 aliphatic carbocycles. The number of hydrogen-bond donors (Lipinski definition) is 1. The number of halogens is 1. The molecule has 196 valence electrons. The largest absolute Gasteiger partial charge is 0.494 e. The molecular weight excluding hydrogens is 504 g/mol. The maximum absolute atomic E-state index is 12.5. The number of esters is 1. The summed E-state index contributed by atoms with van der Waals surface area (Å²) in [5, 5.41) is 10.5. The Bertz CT molecular complexity index is 1400. The van der Waals surface area contributed by atoms with Crippen molar-refractivity contribution in [2.24, 2.45) is 5.73 Å². The van der Waals surface area contributed by atoms with Crippen LogP contribution < -0.4 is 24.7 Å². The first-order valence-corrected chi connectivity index (χ1v) is 12.7. The fraction of sp³-hybridized carbons (Fsp3) is 0.267. The van der Waals surface area contributed by atoms with Crippen molar-refractivity contribution >= 4 is 17.6 Å². The van der Waals surface area contributed by atoms with E-state index in [1.807, 2.05) is 38.1 Å². The lowest BCUT2D eigenvalue weighted by molar-refractivity contribution is -0.136. The number of carbonyl (C=O) groups is 1. The van der Waals surface area contributed by atoms with E-state index in [0.717, 1.165) is 40.8 Å². The monoisotopic (exact) mass is 532 g/mol. The van der Waals surface area contributed by atoms with Crippen molar-refractivity contribution in [1.29, 1.82) is 5.26 Å². The predicted octanol–water partition coefficient (Wildman–Crippen LogP) is 6.34. The van der Waals surface area contributed by atoms with Crippen molar-refractivity contribution in [1.82, 2.24) is 0 Å². The number of aryl methyl sites for hydroxylation is 2. The summed E-state index contributed by atoms with van der Waals surface area (Å²) in [6, 6.07) is 18.3. The van der Waals surface area contributed by atoms with Crippen LogP contribution in [0.15, 0.2) is 66.1 Å². The van der Waals surface area contributed by atoms with Crippen LogP contribution in [-0.2, 0) is 4.79 Å². The van der Waals surface area contributed by atoms with Crippen LogP contribution in [0.3, 0.4) is 0 Å². The van der Waals surface area contributed by atoms with E-state index >= 15 is 0 Å². The predicted molar refractivity (Wildman–Crippen MR) is 145 cm³/mol. The third-order valence-electron chi connectivity index (χ3n) is 6.15. The molecule has 7 nitrogen and oxygen atoms in total. The Morgan fingerprint density at radius 3 is 2.53 bits per heavy atom. The van der Waals surface area contributed by atoms with Crippen LogP contribution in [0.5, 0.6) is 23.0 Å². The Balaban J connectivity index is 1.52. The number of nitrogens with two attached hydrogens (primary N) is 1. The zero-order valence-corrected chi connectivity index (χ0v) is 22.3. The molecule has 1 unspecified atom stereocenters. The van der Waals surface area contributed by atoms with Crippen LogP contribution in [0.25, 0.3) is 0 Å². The molecule has 0 amide bonds. The molecule has 1 aliphatic rings. The van der Waals surface area contributed by atoms with Gasteiger partial charge in [-0.1, -0.05) is 43.1 Å². The Hall–Kier alpha value is -4.15. The third kappa shape index (κ3) is 6.04. The lowest BCUT2D eigenvalue weighted by Crippen LogP contribution is -2.21. The second-order valence-corrected chi connectivity index (χ2v) is 9.41. The number of allylic oxidation sites excluding steroid dienone is 1. The van der Waals surface area contributed by atoms with Gasteiger partial charge in [-0.3, -0.25) is 0 Å². The molecule has 0 radical (unpaired) electrons. The fourth-order valence-electron chi connectivity index (χ4n) is 4.25. The first-order chi connectivity index (χ1) is 18.3. The van der Waals surface area contributed by atoms with Gasteiger partial charge in [0.1, 0.15) is 34.6 Å². The van der Waals surface area contributed by atoms with E-state index in [2.05, 4.69) is 13.0 Å². The molecule has 38 heavy (non-hydrogen) atoms. The van der Waals surface area contributed by atoms with Crippen molar-refractivity contribution in [2.45, 2.75) is 39.5 Å². The number of nitrogens with zero attached hydrogens (tertiary/aromatic N) is 1. The normalized spacial score (nSPS) is 14.2. The van der Waals surface area contributed by atoms with Gasteiger partial charge in [0.15, 0.2) is 6.61 Å². The van der Waals surface area contributed by atoms with Gasteiger partial charge in [-0.25, -0.2) is 4.79 Å². The van der Waals surface area contributed by atoms with Crippen molar-refractivity contribution < 1.29 is 23.7 Å². The summed E-state index contributed by atoms with van der Waals surface area (Å²) in [5.74, 6) is 0.881. The van der Waals surface area contributed by atoms with E-state index in [9.17, 15) is 10.1 Å². The maximum atomic E-state index is 12.5. The molecule has 0 bridgehead atoms. The molecule has 2 N–H and O–H groups in total. The summed E-state index contributed by atoms with van der Waals surface area (Å²) in [7, 11) is 0. The Kier molecular flexibility index (Phi) is 8.45. The van der Waals surface area contributed by atoms with Gasteiger partial charge in [-0.2, -0.15) is 5.26 Å². The highest BCUT2D eigenvalue weighted by Crippen LogP contribution is 2.44. The third-order valence-corrected chi connectivity index (χ3v) is 6.74. The van der Waals surface area contributed by atoms with Crippen molar-refractivity contribution in [3.05, 3.63) is 93.3 Å². The number of rotatable bonds is 9. The van der Waals surface area contributed by atoms with Crippen LogP contribution >= 0.6 is 11.6 Å². The first-order valence-electron chi connectivity index (χ1n) is 12.3. The summed E-state index contributed by atoms with van der Waals surface area (Å²) in [5.41, 5.74) is 9.72. The van der Waals surface area contributed by atoms with Crippen molar-refractivity contribution in [3.63, 3.8) is 0 Å². The highest BCUT2D eigenvalue weighted by molar-refractivity contribution is 6.32. The zero-order valence-electron chi connectivity index (χ0n) is 21.5. The van der Waals surface area contributed by atoms with E-state index in [1.165, 1.54) is 0 Å². The molecule has 0 spiro atoms. The molecule has 1 aliphatic heterocycles. The number of hydrogen-bond acceptors (Lipinski definition) is 7. The molecule has 0 saturated heterocycles. The van der Waals surface area contributed by atoms with Gasteiger partial charge >= 0.3 is 5.97 Å². The van der Waals surface area contributed by atoms with Gasteiger partial charge in [0.2, 0.25) is 5.88 Å². The number of unbranched alkanes of at least 4 members (excludes halogenated alkanes) is 1. The molecule has 1 heterocycles. The molecule has 0 fully saturated rings. The summed E-state index contributed by atoms with van der Waals surface area (Å²) >= 11 is 6.19. The first kappa shape index (κ1) is 26.9. The minimum Gasteiger partial charge on any atom is -0.494 e. The molecule has 3 aromatic carbocycles. The van der Waals surface area contributed by atoms with Crippen molar-refractivity contribution in [3.8, 4) is 29.1 Å². The molecule has 0 saturated carbocycles. The van der Waals surface area contributed by atoms with Crippen LogP contribution in [0.2, 0.25) is 5.02 Å². The summed E-state index contributed by atoms with van der Waals surface area (Å²) in [4.78, 5) is 12.5. The second-order valence-electron chi connectivity index (χ2n) is 9.03. The molecule has 3 aromatic rings. The highest BCUT2D eigenvalue weighted by Gasteiger charge is 2.31. The molecule has 0 aromatic heterocycles. The zero-order chi connectivity index (χ0) is 27.2. The van der Waals surface area contributed by atoms with Crippen LogP contribution in [0.1, 0.15) is 47.9 Å². The van der Waals surface area contributed by atoms with E-state index in [1.54, 1.807) is 30.3 Å². The Labute approximate surface area is 227 Å². The van der Waals surface area contributed by atoms with Gasteiger partial charge < -0.3 is 24.7 Å². The Morgan fingerprint density at radius 2 is 1.82 bits per heavy atom. The molecule has 8 heteroatoms. The SMILES string of the molecule is CCCCOc1cccc(C2C(C#N)=C(N)Oc3cc(OC(=O)COc4cc(C)c(Cl)c(C)c4)ccc32)c1. The highest BCUT2D eigenvalue weighted by atomic mass is 35.5. The quantitative estimate of drug-likeness (QED) is 0.195. The van der Waals surface area contributed by atoms with Gasteiger partial charge in [-0.05, 0) is 67.3 Å². The van der Waals surface area contributed by atoms with Crippen LogP contribution in [-0.4, -0.2) is 19.2 Å². The molecular formula is C30H29ClN2O5. The van der Waals surface area contributed by atoms with E-state index in [-0.39, 0.29) is 18.2 Å². The van der Waals surface area contributed by atoms with Gasteiger partial charge in [0.05, 0.1) is 12.5 Å². The Morgan fingerprint density at radius 1 is 1.05 bits per heavy atom. The van der Waals surface area contributed by atoms with Gasteiger partial charge in [0.25, 0.3) is 0 Å². The number of nitriles is 1. The number of fused-ring (bicyclic) bond motifs is 1. The minimum atomic E-state index is -0.583. The van der Waals surface area contributed by atoms with E-state index in [0.29, 0.717) is 28.7 Å². The summed E-state index contributed by atoms with van der Waals surface area (Å²) < 4.78 is 22.7. The van der Waals surface area contributed by atoms with E-state index in [4.69, 9.17) is 36.3 Å². The molecule has 4 rings (SSSR count). The van der Waals surface area contributed by atoms with Gasteiger partial charge in [0, 0.05) is 16.7 Å². The number of ether oxygens (including phenoxy) is 4. The lowest BCUT2D eigenvalue weighted by Gasteiger charge is -2.27. The molecule has 1 atom stereocenters.